The lowest BCUT2D eigenvalue weighted by atomic mass is 10.2. The first-order valence-electron chi connectivity index (χ1n) is 11.1. The molecule has 1 fully saturated rings. The Labute approximate surface area is 188 Å². The van der Waals surface area contributed by atoms with Crippen molar-refractivity contribution in [1.29, 1.82) is 0 Å². The molecule has 1 aromatic heterocycles. The highest BCUT2D eigenvalue weighted by molar-refractivity contribution is 7.89. The normalized spacial score (nSPS) is 16.4. The van der Waals surface area contributed by atoms with Crippen LogP contribution in [0.1, 0.15) is 44.4 Å². The van der Waals surface area contributed by atoms with E-state index in [1.54, 1.807) is 28.6 Å². The van der Waals surface area contributed by atoms with Gasteiger partial charge in [-0.25, -0.2) is 8.42 Å². The lowest BCUT2D eigenvalue weighted by Gasteiger charge is -2.20. The number of carbonyl (C=O) groups excluding carboxylic acids is 1. The smallest absolute Gasteiger partial charge is 0.243 e. The summed E-state index contributed by atoms with van der Waals surface area (Å²) >= 11 is 0. The summed E-state index contributed by atoms with van der Waals surface area (Å²) in [4.78, 5) is 12.6. The Kier molecular flexibility index (Phi) is 6.81. The fourth-order valence-electron chi connectivity index (χ4n) is 3.94. The van der Waals surface area contributed by atoms with Gasteiger partial charge in [0.05, 0.1) is 17.5 Å². The molecule has 1 saturated heterocycles. The zero-order valence-electron chi connectivity index (χ0n) is 18.2. The van der Waals surface area contributed by atoms with Gasteiger partial charge in [-0.05, 0) is 56.2 Å². The van der Waals surface area contributed by atoms with Gasteiger partial charge in [0.15, 0.2) is 0 Å². The van der Waals surface area contributed by atoms with E-state index < -0.39 is 10.0 Å². The Bertz CT molecular complexity index is 1130. The molecule has 0 bridgehead atoms. The van der Waals surface area contributed by atoms with Crippen molar-refractivity contribution in [1.82, 2.24) is 9.62 Å². The third kappa shape index (κ3) is 5.14. The van der Waals surface area contributed by atoms with Gasteiger partial charge in [-0.3, -0.25) is 4.79 Å². The molecule has 1 atom stereocenters. The zero-order chi connectivity index (χ0) is 22.6. The maximum atomic E-state index is 12.9. The number of amides is 1. The molecule has 1 aliphatic heterocycles. The number of para-hydroxylation sites is 1. The van der Waals surface area contributed by atoms with Crippen LogP contribution in [0.5, 0.6) is 0 Å². The number of nitrogens with one attached hydrogen (secondary N) is 2. The van der Waals surface area contributed by atoms with Crippen LogP contribution in [0.2, 0.25) is 0 Å². The Morgan fingerprint density at radius 2 is 1.72 bits per heavy atom. The molecule has 4 rings (SSSR count). The Hall–Kier alpha value is -2.84. The quantitative estimate of drug-likeness (QED) is 0.555. The second-order valence-electron chi connectivity index (χ2n) is 8.17. The van der Waals surface area contributed by atoms with E-state index in [2.05, 4.69) is 10.6 Å². The van der Waals surface area contributed by atoms with Gasteiger partial charge in [0.1, 0.15) is 11.3 Å². The first-order valence-corrected chi connectivity index (χ1v) is 12.5. The van der Waals surface area contributed by atoms with E-state index in [4.69, 9.17) is 4.42 Å². The Morgan fingerprint density at radius 3 is 2.41 bits per heavy atom. The number of furan rings is 1. The Balaban J connectivity index is 1.32. The van der Waals surface area contributed by atoms with Gasteiger partial charge < -0.3 is 15.1 Å². The monoisotopic (exact) mass is 455 g/mol. The molecule has 1 amide bonds. The van der Waals surface area contributed by atoms with Crippen molar-refractivity contribution in [2.24, 2.45) is 0 Å². The van der Waals surface area contributed by atoms with E-state index >= 15 is 0 Å². The minimum absolute atomic E-state index is 0.0722. The largest absolute Gasteiger partial charge is 0.459 e. The number of rotatable bonds is 7. The average Bonchev–Trinajstić information content (AvgIpc) is 3.03. The number of carbonyl (C=O) groups is 1. The summed E-state index contributed by atoms with van der Waals surface area (Å²) in [5, 5.41) is 6.96. The van der Waals surface area contributed by atoms with Crippen LogP contribution in [0.3, 0.4) is 0 Å². The number of benzene rings is 2. The number of hydrogen-bond donors (Lipinski definition) is 2. The molecule has 0 aliphatic carbocycles. The van der Waals surface area contributed by atoms with Gasteiger partial charge in [-0.2, -0.15) is 4.31 Å². The van der Waals surface area contributed by atoms with Crippen LogP contribution in [-0.2, 0) is 14.8 Å². The number of sulfonamides is 1. The van der Waals surface area contributed by atoms with Crippen LogP contribution in [0.15, 0.2) is 63.9 Å². The highest BCUT2D eigenvalue weighted by Crippen LogP contribution is 2.24. The molecule has 2 heterocycles. The molecule has 7 nitrogen and oxygen atoms in total. The molecule has 32 heavy (non-hydrogen) atoms. The number of hydrogen-bond acceptors (Lipinski definition) is 5. The molecular weight excluding hydrogens is 426 g/mol. The van der Waals surface area contributed by atoms with E-state index in [1.807, 2.05) is 37.3 Å². The molecule has 170 valence electrons. The molecule has 2 N–H and O–H groups in total. The van der Waals surface area contributed by atoms with E-state index in [-0.39, 0.29) is 23.4 Å². The summed E-state index contributed by atoms with van der Waals surface area (Å²) in [5.74, 6) is 0.516. The van der Waals surface area contributed by atoms with Crippen molar-refractivity contribution in [3.63, 3.8) is 0 Å². The lowest BCUT2D eigenvalue weighted by molar-refractivity contribution is -0.120. The maximum absolute atomic E-state index is 12.9. The van der Waals surface area contributed by atoms with Gasteiger partial charge in [0, 0.05) is 24.2 Å². The van der Waals surface area contributed by atoms with Crippen molar-refractivity contribution in [3.05, 3.63) is 60.4 Å². The highest BCUT2D eigenvalue weighted by Gasteiger charge is 2.25. The van der Waals surface area contributed by atoms with Crippen molar-refractivity contribution in [2.45, 2.75) is 43.5 Å². The number of anilines is 1. The van der Waals surface area contributed by atoms with E-state index in [1.165, 1.54) is 0 Å². The summed E-state index contributed by atoms with van der Waals surface area (Å²) in [6.45, 7) is 3.10. The summed E-state index contributed by atoms with van der Waals surface area (Å²) in [7, 11) is -3.48. The minimum Gasteiger partial charge on any atom is -0.459 e. The topological polar surface area (TPSA) is 91.7 Å². The fraction of sp³-hybridized carbons (Fsp3) is 0.375. The fourth-order valence-corrected chi connectivity index (χ4v) is 5.45. The second-order valence-corrected chi connectivity index (χ2v) is 10.1. The van der Waals surface area contributed by atoms with Crippen LogP contribution in [0, 0.1) is 0 Å². The first-order chi connectivity index (χ1) is 15.4. The zero-order valence-corrected chi connectivity index (χ0v) is 19.0. The van der Waals surface area contributed by atoms with Crippen molar-refractivity contribution in [2.75, 3.05) is 25.0 Å². The summed E-state index contributed by atoms with van der Waals surface area (Å²) < 4.78 is 33.1. The number of fused-ring (bicyclic) bond motifs is 1. The summed E-state index contributed by atoms with van der Waals surface area (Å²) in [6, 6.07) is 16.0. The van der Waals surface area contributed by atoms with E-state index in [0.29, 0.717) is 24.5 Å². The predicted octanol–water partition coefficient (Wildman–Crippen LogP) is 4.29. The second kappa shape index (κ2) is 9.75. The number of nitrogens with zero attached hydrogens (tertiary/aromatic N) is 1. The summed E-state index contributed by atoms with van der Waals surface area (Å²) in [6.07, 6.45) is 3.96. The van der Waals surface area contributed by atoms with E-state index in [9.17, 15) is 13.2 Å². The average molecular weight is 456 g/mol. The van der Waals surface area contributed by atoms with Crippen molar-refractivity contribution >= 4 is 32.6 Å². The molecule has 0 saturated carbocycles. The molecule has 1 unspecified atom stereocenters. The third-order valence-electron chi connectivity index (χ3n) is 5.76. The molecule has 3 aromatic rings. The van der Waals surface area contributed by atoms with Gasteiger partial charge in [0.25, 0.3) is 0 Å². The molecular formula is C24H29N3O4S. The predicted molar refractivity (Wildman–Crippen MR) is 125 cm³/mol. The first kappa shape index (κ1) is 22.4. The SMILES string of the molecule is CC(NC(=O)CNc1ccc(S(=O)(=O)N2CCCCCC2)cc1)c1cc2ccccc2o1. The third-order valence-corrected chi connectivity index (χ3v) is 7.67. The van der Waals surface area contributed by atoms with Gasteiger partial charge in [-0.1, -0.05) is 31.0 Å². The molecule has 8 heteroatoms. The van der Waals surface area contributed by atoms with E-state index in [0.717, 1.165) is 36.7 Å². The molecule has 0 radical (unpaired) electrons. The molecule has 1 aliphatic rings. The van der Waals surface area contributed by atoms with Crippen LogP contribution in [-0.4, -0.2) is 38.3 Å². The Morgan fingerprint density at radius 1 is 1.03 bits per heavy atom. The van der Waals surface area contributed by atoms with Crippen molar-refractivity contribution < 1.29 is 17.6 Å². The molecule has 0 spiro atoms. The van der Waals surface area contributed by atoms with Crippen molar-refractivity contribution in [3.8, 4) is 0 Å². The van der Waals surface area contributed by atoms with Crippen LogP contribution in [0.4, 0.5) is 5.69 Å². The summed E-state index contributed by atoms with van der Waals surface area (Å²) in [5.41, 5.74) is 1.48. The van der Waals surface area contributed by atoms with Gasteiger partial charge >= 0.3 is 0 Å². The maximum Gasteiger partial charge on any atom is 0.243 e. The molecule has 2 aromatic carbocycles. The van der Waals surface area contributed by atoms with Gasteiger partial charge in [0.2, 0.25) is 15.9 Å². The van der Waals surface area contributed by atoms with Crippen LogP contribution in [0.25, 0.3) is 11.0 Å². The minimum atomic E-state index is -3.48. The lowest BCUT2D eigenvalue weighted by Crippen LogP contribution is -2.32. The standard InChI is InChI=1S/C24H29N3O4S/c1-18(23-16-19-8-4-5-9-22(19)31-23)26-24(28)17-25-20-10-12-21(13-11-20)32(29,30)27-14-6-2-3-7-15-27/h4-5,8-13,16,18,25H,2-3,6-7,14-15,17H2,1H3,(H,26,28). The van der Waals surface area contributed by atoms with Crippen LogP contribution >= 0.6 is 0 Å². The van der Waals surface area contributed by atoms with Crippen LogP contribution < -0.4 is 10.6 Å². The highest BCUT2D eigenvalue weighted by atomic mass is 32.2. The van der Waals surface area contributed by atoms with Gasteiger partial charge in [-0.15, -0.1) is 0 Å².